The smallest absolute Gasteiger partial charge is 0.226 e. The number of nitrogens with zero attached hydrogens (tertiary/aromatic N) is 1. The summed E-state index contributed by atoms with van der Waals surface area (Å²) in [5.74, 6) is 0.854. The summed E-state index contributed by atoms with van der Waals surface area (Å²) in [4.78, 5) is 16.0. The van der Waals surface area contributed by atoms with Crippen molar-refractivity contribution in [1.29, 1.82) is 0 Å². The zero-order chi connectivity index (χ0) is 14.4. The molecule has 2 aromatic rings. The Kier molecular flexibility index (Phi) is 5.12. The Hall–Kier alpha value is -1.88. The van der Waals surface area contributed by atoms with Gasteiger partial charge in [-0.3, -0.25) is 4.79 Å². The molecule has 0 radical (unpaired) electrons. The maximum Gasteiger partial charge on any atom is 0.226 e. The lowest BCUT2D eigenvalue weighted by Crippen LogP contribution is -2.12. The molecule has 4 nitrogen and oxygen atoms in total. The average Bonchev–Trinajstić information content (AvgIpc) is 2.84. The van der Waals surface area contributed by atoms with E-state index in [9.17, 15) is 4.79 Å². The van der Waals surface area contributed by atoms with Gasteiger partial charge in [0.25, 0.3) is 0 Å². The lowest BCUT2D eigenvalue weighted by Gasteiger charge is -2.05. The van der Waals surface area contributed by atoms with Crippen LogP contribution in [0.25, 0.3) is 0 Å². The van der Waals surface area contributed by atoms with Crippen LogP contribution in [0, 0.1) is 6.92 Å². The molecule has 0 saturated heterocycles. The topological polar surface area (TPSA) is 51.2 Å². The molecule has 0 aliphatic carbocycles. The highest BCUT2D eigenvalue weighted by Crippen LogP contribution is 2.16. The van der Waals surface area contributed by atoms with Crippen molar-refractivity contribution < 1.29 is 9.53 Å². The first-order valence-electron chi connectivity index (χ1n) is 6.61. The number of carbonyl (C=O) groups excluding carboxylic acids is 1. The molecule has 0 atom stereocenters. The summed E-state index contributed by atoms with van der Waals surface area (Å²) < 4.78 is 5.38. The Bertz CT molecular complexity index is 564. The predicted molar refractivity (Wildman–Crippen MR) is 81.4 cm³/mol. The Morgan fingerprint density at radius 2 is 2.10 bits per heavy atom. The molecule has 0 aliphatic heterocycles. The number of carbonyl (C=O) groups is 1. The fourth-order valence-corrected chi connectivity index (χ4v) is 2.47. The molecule has 1 aromatic heterocycles. The first kappa shape index (κ1) is 14.5. The molecule has 0 saturated carbocycles. The SMILES string of the molecule is CCOc1ccc(CCC(=O)Nc2nc(C)cs2)cc1. The summed E-state index contributed by atoms with van der Waals surface area (Å²) in [5, 5.41) is 5.39. The maximum atomic E-state index is 11.8. The van der Waals surface area contributed by atoms with E-state index < -0.39 is 0 Å². The number of hydrogen-bond donors (Lipinski definition) is 1. The van der Waals surface area contributed by atoms with Crippen LogP contribution < -0.4 is 10.1 Å². The van der Waals surface area contributed by atoms with E-state index in [0.717, 1.165) is 17.0 Å². The van der Waals surface area contributed by atoms with Crippen LogP contribution in [0.5, 0.6) is 5.75 Å². The molecule has 1 amide bonds. The zero-order valence-corrected chi connectivity index (χ0v) is 12.5. The van der Waals surface area contributed by atoms with Crippen molar-refractivity contribution in [2.75, 3.05) is 11.9 Å². The van der Waals surface area contributed by atoms with Crippen LogP contribution in [0.1, 0.15) is 24.6 Å². The summed E-state index contributed by atoms with van der Waals surface area (Å²) in [6.07, 6.45) is 1.16. The number of amides is 1. The van der Waals surface area contributed by atoms with Crippen molar-refractivity contribution in [2.45, 2.75) is 26.7 Å². The van der Waals surface area contributed by atoms with Gasteiger partial charge in [-0.15, -0.1) is 11.3 Å². The minimum atomic E-state index is -0.00626. The van der Waals surface area contributed by atoms with E-state index in [1.54, 1.807) is 0 Å². The number of thiazole rings is 1. The highest BCUT2D eigenvalue weighted by molar-refractivity contribution is 7.13. The second-order valence-electron chi connectivity index (χ2n) is 4.42. The van der Waals surface area contributed by atoms with Gasteiger partial charge in [0.2, 0.25) is 5.91 Å². The van der Waals surface area contributed by atoms with Crippen molar-refractivity contribution in [2.24, 2.45) is 0 Å². The quantitative estimate of drug-likeness (QED) is 0.887. The van der Waals surface area contributed by atoms with E-state index >= 15 is 0 Å². The third-order valence-corrected chi connectivity index (χ3v) is 3.62. The largest absolute Gasteiger partial charge is 0.494 e. The molecule has 0 aliphatic rings. The number of aryl methyl sites for hydroxylation is 2. The second kappa shape index (κ2) is 7.05. The fourth-order valence-electron chi connectivity index (χ4n) is 1.77. The number of aromatic nitrogens is 1. The van der Waals surface area contributed by atoms with E-state index in [4.69, 9.17) is 4.74 Å². The highest BCUT2D eigenvalue weighted by Gasteiger charge is 2.06. The molecule has 1 aromatic carbocycles. The standard InChI is InChI=1S/C15H18N2O2S/c1-3-19-13-7-4-12(5-8-13)6-9-14(18)17-15-16-11(2)10-20-15/h4-5,7-8,10H,3,6,9H2,1-2H3,(H,16,17,18). The predicted octanol–water partition coefficient (Wildman–Crippen LogP) is 3.42. The molecular formula is C15H18N2O2S. The molecule has 2 rings (SSSR count). The van der Waals surface area contributed by atoms with E-state index in [0.29, 0.717) is 24.6 Å². The Labute approximate surface area is 122 Å². The van der Waals surface area contributed by atoms with Crippen LogP contribution in [0.15, 0.2) is 29.6 Å². The number of ether oxygens (including phenoxy) is 1. The number of rotatable bonds is 6. The Morgan fingerprint density at radius 3 is 2.70 bits per heavy atom. The van der Waals surface area contributed by atoms with Gasteiger partial charge in [-0.2, -0.15) is 0 Å². The zero-order valence-electron chi connectivity index (χ0n) is 11.7. The van der Waals surface area contributed by atoms with Gasteiger partial charge in [0.05, 0.1) is 12.3 Å². The van der Waals surface area contributed by atoms with Gasteiger partial charge < -0.3 is 10.1 Å². The summed E-state index contributed by atoms with van der Waals surface area (Å²) in [7, 11) is 0. The van der Waals surface area contributed by atoms with E-state index in [2.05, 4.69) is 10.3 Å². The first-order chi connectivity index (χ1) is 9.67. The maximum absolute atomic E-state index is 11.8. The molecule has 0 bridgehead atoms. The van der Waals surface area contributed by atoms with Crippen LogP contribution in [0.3, 0.4) is 0 Å². The molecule has 20 heavy (non-hydrogen) atoms. The van der Waals surface area contributed by atoms with Crippen LogP contribution in [-0.4, -0.2) is 17.5 Å². The van der Waals surface area contributed by atoms with Crippen molar-refractivity contribution in [3.8, 4) is 5.75 Å². The summed E-state index contributed by atoms with van der Waals surface area (Å²) in [6, 6.07) is 7.85. The Morgan fingerprint density at radius 1 is 1.35 bits per heavy atom. The summed E-state index contributed by atoms with van der Waals surface area (Å²) in [5.41, 5.74) is 2.05. The van der Waals surface area contributed by atoms with E-state index in [1.165, 1.54) is 11.3 Å². The molecule has 1 N–H and O–H groups in total. The van der Waals surface area contributed by atoms with E-state index in [-0.39, 0.29) is 5.91 Å². The molecule has 0 spiro atoms. The number of benzene rings is 1. The van der Waals surface area contributed by atoms with E-state index in [1.807, 2.05) is 43.5 Å². The molecule has 1 heterocycles. The minimum Gasteiger partial charge on any atom is -0.494 e. The van der Waals surface area contributed by atoms with Gasteiger partial charge in [0, 0.05) is 11.8 Å². The van der Waals surface area contributed by atoms with Crippen molar-refractivity contribution in [3.05, 3.63) is 40.9 Å². The molecular weight excluding hydrogens is 272 g/mol. The number of nitrogens with one attached hydrogen (secondary N) is 1. The van der Waals surface area contributed by atoms with Gasteiger partial charge in [-0.25, -0.2) is 4.98 Å². The second-order valence-corrected chi connectivity index (χ2v) is 5.28. The number of hydrogen-bond acceptors (Lipinski definition) is 4. The van der Waals surface area contributed by atoms with Gasteiger partial charge in [-0.1, -0.05) is 12.1 Å². The van der Waals surface area contributed by atoms with Crippen LogP contribution >= 0.6 is 11.3 Å². The van der Waals surface area contributed by atoms with Gasteiger partial charge in [0.1, 0.15) is 5.75 Å². The molecule has 0 unspecified atom stereocenters. The summed E-state index contributed by atoms with van der Waals surface area (Å²) in [6.45, 7) is 4.53. The molecule has 106 valence electrons. The van der Waals surface area contributed by atoms with Crippen molar-refractivity contribution in [3.63, 3.8) is 0 Å². The monoisotopic (exact) mass is 290 g/mol. The van der Waals surface area contributed by atoms with Crippen molar-refractivity contribution in [1.82, 2.24) is 4.98 Å². The van der Waals surface area contributed by atoms with Gasteiger partial charge in [0.15, 0.2) is 5.13 Å². The van der Waals surface area contributed by atoms with Crippen molar-refractivity contribution >= 4 is 22.4 Å². The number of anilines is 1. The third-order valence-electron chi connectivity index (χ3n) is 2.74. The fraction of sp³-hybridized carbons (Fsp3) is 0.333. The Balaban J connectivity index is 1.80. The van der Waals surface area contributed by atoms with Crippen LogP contribution in [0.2, 0.25) is 0 Å². The molecule has 0 fully saturated rings. The minimum absolute atomic E-state index is 0.00626. The van der Waals surface area contributed by atoms with Crippen LogP contribution in [-0.2, 0) is 11.2 Å². The average molecular weight is 290 g/mol. The first-order valence-corrected chi connectivity index (χ1v) is 7.49. The third kappa shape index (κ3) is 4.35. The lowest BCUT2D eigenvalue weighted by atomic mass is 10.1. The summed E-state index contributed by atoms with van der Waals surface area (Å²) >= 11 is 1.45. The van der Waals surface area contributed by atoms with Gasteiger partial charge in [-0.05, 0) is 38.0 Å². The van der Waals surface area contributed by atoms with Crippen LogP contribution in [0.4, 0.5) is 5.13 Å². The van der Waals surface area contributed by atoms with Gasteiger partial charge >= 0.3 is 0 Å². The molecule has 5 heteroatoms. The highest BCUT2D eigenvalue weighted by atomic mass is 32.1. The normalized spacial score (nSPS) is 10.3. The lowest BCUT2D eigenvalue weighted by molar-refractivity contribution is -0.116.